The van der Waals surface area contributed by atoms with Crippen molar-refractivity contribution in [1.82, 2.24) is 0 Å². The van der Waals surface area contributed by atoms with Gasteiger partial charge in [0.25, 0.3) is 5.92 Å². The van der Waals surface area contributed by atoms with Crippen LogP contribution in [0.5, 0.6) is 0 Å². The molecule has 1 nitrogen and oxygen atoms in total. The van der Waals surface area contributed by atoms with Gasteiger partial charge >= 0.3 is 0 Å². The van der Waals surface area contributed by atoms with Crippen LogP contribution in [0, 0.1) is 11.3 Å². The Hall–Kier alpha value is -0.180. The Bertz CT molecular complexity index is 166. The predicted molar refractivity (Wildman–Crippen MR) is 47.9 cm³/mol. The highest BCUT2D eigenvalue weighted by molar-refractivity contribution is 4.93. The smallest absolute Gasteiger partial charge is 0.251 e. The quantitative estimate of drug-likeness (QED) is 0.653. The topological polar surface area (TPSA) is 9.23 Å². The number of halogens is 2. The van der Waals surface area contributed by atoms with Gasteiger partial charge in [0.15, 0.2) is 0 Å². The maximum Gasteiger partial charge on any atom is 0.251 e. The van der Waals surface area contributed by atoms with Gasteiger partial charge in [-0.25, -0.2) is 8.78 Å². The van der Waals surface area contributed by atoms with E-state index in [2.05, 4.69) is 0 Å². The van der Waals surface area contributed by atoms with Gasteiger partial charge in [0.1, 0.15) is 0 Å². The summed E-state index contributed by atoms with van der Waals surface area (Å²) < 4.78 is 32.1. The van der Waals surface area contributed by atoms with Crippen LogP contribution in [-0.2, 0) is 4.74 Å². The molecule has 0 atom stereocenters. The minimum absolute atomic E-state index is 0.0106. The molecule has 0 N–H and O–H groups in total. The molecule has 3 heteroatoms. The van der Waals surface area contributed by atoms with Crippen LogP contribution in [-0.4, -0.2) is 19.1 Å². The van der Waals surface area contributed by atoms with Crippen LogP contribution in [0.3, 0.4) is 0 Å². The Morgan fingerprint density at radius 2 is 1.69 bits per heavy atom. The van der Waals surface area contributed by atoms with Gasteiger partial charge in [-0.05, 0) is 25.7 Å². The Balaban J connectivity index is 2.86. The molecule has 1 aliphatic rings. The molecule has 0 amide bonds. The third-order valence-electron chi connectivity index (χ3n) is 3.36. The van der Waals surface area contributed by atoms with E-state index in [4.69, 9.17) is 4.74 Å². The first-order valence-electron chi connectivity index (χ1n) is 4.86. The van der Waals surface area contributed by atoms with Crippen LogP contribution >= 0.6 is 0 Å². The Kier molecular flexibility index (Phi) is 2.95. The predicted octanol–water partition coefficient (Wildman–Crippen LogP) is 3.09. The maximum atomic E-state index is 13.5. The number of hydrogen-bond donors (Lipinski definition) is 0. The van der Waals surface area contributed by atoms with E-state index in [1.165, 1.54) is 0 Å². The summed E-state index contributed by atoms with van der Waals surface area (Å²) in [7, 11) is 0. The molecule has 1 rings (SSSR count). The van der Waals surface area contributed by atoms with E-state index >= 15 is 0 Å². The standard InChI is InChI=1S/C10H18F2O/c1-8(2)10(9(3,11)12)4-6-13-7-5-10/h8H,4-7H2,1-3H3. The van der Waals surface area contributed by atoms with Crippen molar-refractivity contribution in [2.45, 2.75) is 39.5 Å². The molecule has 1 aliphatic heterocycles. The van der Waals surface area contributed by atoms with E-state index in [1.54, 1.807) is 0 Å². The van der Waals surface area contributed by atoms with Crippen molar-refractivity contribution in [3.63, 3.8) is 0 Å². The highest BCUT2D eigenvalue weighted by atomic mass is 19.3. The molecular weight excluding hydrogens is 174 g/mol. The molecule has 0 radical (unpaired) electrons. The largest absolute Gasteiger partial charge is 0.381 e. The number of hydrogen-bond acceptors (Lipinski definition) is 1. The molecule has 78 valence electrons. The maximum absolute atomic E-state index is 13.5. The van der Waals surface area contributed by atoms with Crippen molar-refractivity contribution >= 4 is 0 Å². The summed E-state index contributed by atoms with van der Waals surface area (Å²) in [6.07, 6.45) is 0.961. The summed E-state index contributed by atoms with van der Waals surface area (Å²) in [6.45, 7) is 5.74. The lowest BCUT2D eigenvalue weighted by Gasteiger charge is -2.44. The van der Waals surface area contributed by atoms with E-state index in [1.807, 2.05) is 13.8 Å². The fourth-order valence-corrected chi connectivity index (χ4v) is 2.26. The monoisotopic (exact) mass is 192 g/mol. The molecule has 0 unspecified atom stereocenters. The van der Waals surface area contributed by atoms with Gasteiger partial charge in [0.2, 0.25) is 0 Å². The highest BCUT2D eigenvalue weighted by Crippen LogP contribution is 2.49. The second kappa shape index (κ2) is 3.52. The fraction of sp³-hybridized carbons (Fsp3) is 1.00. The number of alkyl halides is 2. The van der Waals surface area contributed by atoms with E-state index in [0.717, 1.165) is 6.92 Å². The highest BCUT2D eigenvalue weighted by Gasteiger charge is 2.52. The van der Waals surface area contributed by atoms with Crippen LogP contribution in [0.25, 0.3) is 0 Å². The minimum Gasteiger partial charge on any atom is -0.381 e. The zero-order chi connectivity index (χ0) is 10.1. The fourth-order valence-electron chi connectivity index (χ4n) is 2.26. The third kappa shape index (κ3) is 1.85. The zero-order valence-electron chi connectivity index (χ0n) is 8.57. The molecule has 0 bridgehead atoms. The van der Waals surface area contributed by atoms with E-state index < -0.39 is 11.3 Å². The summed E-state index contributed by atoms with van der Waals surface area (Å²) >= 11 is 0. The summed E-state index contributed by atoms with van der Waals surface area (Å²) in [6, 6.07) is 0. The van der Waals surface area contributed by atoms with Crippen molar-refractivity contribution < 1.29 is 13.5 Å². The summed E-state index contributed by atoms with van der Waals surface area (Å²) in [5.74, 6) is -2.58. The number of ether oxygens (including phenoxy) is 1. The molecule has 0 aromatic rings. The molecule has 13 heavy (non-hydrogen) atoms. The molecule has 0 saturated carbocycles. The van der Waals surface area contributed by atoms with Crippen LogP contribution in [0.1, 0.15) is 33.6 Å². The van der Waals surface area contributed by atoms with E-state index in [9.17, 15) is 8.78 Å². The van der Waals surface area contributed by atoms with Gasteiger partial charge in [-0.2, -0.15) is 0 Å². The summed E-state index contributed by atoms with van der Waals surface area (Å²) in [5.41, 5.74) is -0.842. The molecular formula is C10H18F2O. The summed E-state index contributed by atoms with van der Waals surface area (Å²) in [5, 5.41) is 0. The van der Waals surface area contributed by atoms with Gasteiger partial charge in [-0.1, -0.05) is 13.8 Å². The summed E-state index contributed by atoms with van der Waals surface area (Å²) in [4.78, 5) is 0. The molecule has 1 saturated heterocycles. The lowest BCUT2D eigenvalue weighted by atomic mass is 9.67. The molecule has 0 spiro atoms. The van der Waals surface area contributed by atoms with Crippen LogP contribution in [0.2, 0.25) is 0 Å². The molecule has 0 aliphatic carbocycles. The van der Waals surface area contributed by atoms with Crippen LogP contribution in [0.4, 0.5) is 8.78 Å². The Morgan fingerprint density at radius 3 is 1.92 bits per heavy atom. The second-order valence-electron chi connectivity index (χ2n) is 4.31. The van der Waals surface area contributed by atoms with Gasteiger partial charge in [0, 0.05) is 18.6 Å². The lowest BCUT2D eigenvalue weighted by molar-refractivity contribution is -0.172. The van der Waals surface area contributed by atoms with Crippen LogP contribution in [0.15, 0.2) is 0 Å². The average molecular weight is 192 g/mol. The lowest BCUT2D eigenvalue weighted by Crippen LogP contribution is -2.47. The van der Waals surface area contributed by atoms with Crippen molar-refractivity contribution in [3.05, 3.63) is 0 Å². The second-order valence-corrected chi connectivity index (χ2v) is 4.31. The van der Waals surface area contributed by atoms with Crippen molar-refractivity contribution in [2.24, 2.45) is 11.3 Å². The Morgan fingerprint density at radius 1 is 1.23 bits per heavy atom. The molecule has 1 heterocycles. The SMILES string of the molecule is CC(C)C1(C(C)(F)F)CCOCC1. The average Bonchev–Trinajstić information content (AvgIpc) is 2.03. The van der Waals surface area contributed by atoms with Gasteiger partial charge < -0.3 is 4.74 Å². The first-order valence-corrected chi connectivity index (χ1v) is 4.86. The van der Waals surface area contributed by atoms with E-state index in [0.29, 0.717) is 26.1 Å². The van der Waals surface area contributed by atoms with Gasteiger partial charge in [-0.15, -0.1) is 0 Å². The number of rotatable bonds is 2. The van der Waals surface area contributed by atoms with Gasteiger partial charge in [-0.3, -0.25) is 0 Å². The van der Waals surface area contributed by atoms with Crippen LogP contribution < -0.4 is 0 Å². The van der Waals surface area contributed by atoms with Gasteiger partial charge in [0.05, 0.1) is 0 Å². The molecule has 1 fully saturated rings. The van der Waals surface area contributed by atoms with E-state index in [-0.39, 0.29) is 5.92 Å². The first-order chi connectivity index (χ1) is 5.90. The van der Waals surface area contributed by atoms with Crippen molar-refractivity contribution in [1.29, 1.82) is 0 Å². The first kappa shape index (κ1) is 10.9. The van der Waals surface area contributed by atoms with Crippen molar-refractivity contribution in [3.8, 4) is 0 Å². The molecule has 0 aromatic heterocycles. The van der Waals surface area contributed by atoms with Crippen molar-refractivity contribution in [2.75, 3.05) is 13.2 Å². The Labute approximate surface area is 78.5 Å². The minimum atomic E-state index is -2.59. The zero-order valence-corrected chi connectivity index (χ0v) is 8.57. The third-order valence-corrected chi connectivity index (χ3v) is 3.36. The molecule has 0 aromatic carbocycles. The normalized spacial score (nSPS) is 23.5.